The molecule has 2 rings (SSSR count). The molecular formula is C28H40O6. The summed E-state index contributed by atoms with van der Waals surface area (Å²) in [7, 11) is 0. The molecule has 0 heterocycles. The topological polar surface area (TPSA) is 63.2 Å². The van der Waals surface area contributed by atoms with Crippen LogP contribution >= 0.6 is 0 Å². The first-order valence-corrected chi connectivity index (χ1v) is 11.6. The number of ketones is 1. The zero-order chi connectivity index (χ0) is 25.8. The summed E-state index contributed by atoms with van der Waals surface area (Å²) < 4.78 is 6.65. The monoisotopic (exact) mass is 472 g/mol. The largest absolute Gasteiger partial charge is 0.325 e. The van der Waals surface area contributed by atoms with Gasteiger partial charge >= 0.3 is 0 Å². The molecule has 2 aromatic carbocycles. The Morgan fingerprint density at radius 2 is 1.03 bits per heavy atom. The normalized spacial score (nSPS) is 15.1. The highest BCUT2D eigenvalue weighted by Crippen LogP contribution is 2.46. The number of hydrogen-bond donors (Lipinski definition) is 0. The maximum Gasteiger partial charge on any atom is 0.202 e. The van der Waals surface area contributed by atoms with Crippen molar-refractivity contribution in [2.75, 3.05) is 0 Å². The van der Waals surface area contributed by atoms with Crippen molar-refractivity contribution in [3.05, 3.63) is 71.8 Å². The molecule has 0 aliphatic carbocycles. The lowest BCUT2D eigenvalue weighted by atomic mass is 9.74. The van der Waals surface area contributed by atoms with Gasteiger partial charge in [-0.3, -0.25) is 4.79 Å². The fourth-order valence-electron chi connectivity index (χ4n) is 3.34. The summed E-state index contributed by atoms with van der Waals surface area (Å²) in [6.07, 6.45) is 0. The number of hydrogen-bond acceptors (Lipinski definition) is 6. The van der Waals surface area contributed by atoms with E-state index in [-0.39, 0.29) is 5.78 Å². The van der Waals surface area contributed by atoms with Crippen LogP contribution in [-0.4, -0.2) is 28.4 Å². The van der Waals surface area contributed by atoms with Crippen LogP contribution in [0.2, 0.25) is 0 Å². The Kier molecular flexibility index (Phi) is 8.50. The standard InChI is InChI=1S/C28H40O6/c1-24(2,3)31-33-26(7,8)28(22-19-15-12-16-20-22,23(29)21-17-13-11-14-18-21)30-27(9,10)34-32-25(4,5)6/h11-20H,1-10H3. The zero-order valence-electron chi connectivity index (χ0n) is 22.2. The van der Waals surface area contributed by atoms with Crippen LogP contribution in [0, 0.1) is 0 Å². The summed E-state index contributed by atoms with van der Waals surface area (Å²) in [6, 6.07) is 18.2. The van der Waals surface area contributed by atoms with Gasteiger partial charge in [0.15, 0.2) is 11.4 Å². The summed E-state index contributed by atoms with van der Waals surface area (Å²) in [5, 5.41) is 0. The number of rotatable bonds is 10. The van der Waals surface area contributed by atoms with Crippen LogP contribution < -0.4 is 0 Å². The van der Waals surface area contributed by atoms with E-state index in [2.05, 4.69) is 0 Å². The Bertz CT molecular complexity index is 923. The fourth-order valence-corrected chi connectivity index (χ4v) is 3.34. The van der Waals surface area contributed by atoms with E-state index in [0.29, 0.717) is 11.1 Å². The minimum absolute atomic E-state index is 0.297. The summed E-state index contributed by atoms with van der Waals surface area (Å²) >= 11 is 0. The predicted molar refractivity (Wildman–Crippen MR) is 132 cm³/mol. The van der Waals surface area contributed by atoms with Gasteiger partial charge in [-0.1, -0.05) is 60.7 Å². The van der Waals surface area contributed by atoms with Gasteiger partial charge in [0.2, 0.25) is 5.78 Å². The second-order valence-corrected chi connectivity index (χ2v) is 11.3. The van der Waals surface area contributed by atoms with Crippen molar-refractivity contribution in [2.45, 2.75) is 97.4 Å². The van der Waals surface area contributed by atoms with Crippen LogP contribution in [0.3, 0.4) is 0 Å². The van der Waals surface area contributed by atoms with Gasteiger partial charge in [0.25, 0.3) is 0 Å². The van der Waals surface area contributed by atoms with E-state index in [1.165, 1.54) is 0 Å². The molecule has 0 spiro atoms. The van der Waals surface area contributed by atoms with E-state index < -0.39 is 28.2 Å². The van der Waals surface area contributed by atoms with Crippen molar-refractivity contribution in [1.82, 2.24) is 0 Å². The molecule has 0 saturated carbocycles. The second-order valence-electron chi connectivity index (χ2n) is 11.3. The maximum absolute atomic E-state index is 14.4. The summed E-state index contributed by atoms with van der Waals surface area (Å²) in [5.74, 6) is -1.63. The van der Waals surface area contributed by atoms with Crippen LogP contribution in [0.25, 0.3) is 0 Å². The first-order chi connectivity index (χ1) is 15.5. The Hall–Kier alpha value is -2.09. The molecule has 6 nitrogen and oxygen atoms in total. The summed E-state index contributed by atoms with van der Waals surface area (Å²) in [5.41, 5.74) is -3.09. The van der Waals surface area contributed by atoms with E-state index in [0.717, 1.165) is 0 Å². The minimum Gasteiger partial charge on any atom is -0.325 e. The van der Waals surface area contributed by atoms with Crippen molar-refractivity contribution in [1.29, 1.82) is 0 Å². The van der Waals surface area contributed by atoms with Crippen molar-refractivity contribution in [2.24, 2.45) is 0 Å². The van der Waals surface area contributed by atoms with Crippen LogP contribution in [0.5, 0.6) is 0 Å². The smallest absolute Gasteiger partial charge is 0.202 e. The lowest BCUT2D eigenvalue weighted by Gasteiger charge is -2.48. The van der Waals surface area contributed by atoms with Gasteiger partial charge in [0.05, 0.1) is 11.2 Å². The molecule has 0 bridgehead atoms. The highest BCUT2D eigenvalue weighted by Gasteiger charge is 2.59. The van der Waals surface area contributed by atoms with Gasteiger partial charge in [0.1, 0.15) is 5.60 Å². The van der Waals surface area contributed by atoms with Gasteiger partial charge in [-0.2, -0.15) is 0 Å². The van der Waals surface area contributed by atoms with Gasteiger partial charge in [-0.25, -0.2) is 19.6 Å². The van der Waals surface area contributed by atoms with E-state index in [1.54, 1.807) is 39.8 Å². The molecule has 0 amide bonds. The first-order valence-electron chi connectivity index (χ1n) is 11.6. The van der Waals surface area contributed by atoms with Gasteiger partial charge in [-0.15, -0.1) is 0 Å². The predicted octanol–water partition coefficient (Wildman–Crippen LogP) is 6.79. The van der Waals surface area contributed by atoms with Gasteiger partial charge in [-0.05, 0) is 74.8 Å². The zero-order valence-corrected chi connectivity index (χ0v) is 22.2. The van der Waals surface area contributed by atoms with Crippen LogP contribution in [-0.2, 0) is 29.9 Å². The van der Waals surface area contributed by atoms with Crippen molar-refractivity contribution in [3.8, 4) is 0 Å². The quantitative estimate of drug-likeness (QED) is 0.164. The summed E-state index contributed by atoms with van der Waals surface area (Å²) in [6.45, 7) is 18.2. The molecule has 0 radical (unpaired) electrons. The highest BCUT2D eigenvalue weighted by atomic mass is 17.2. The molecule has 0 fully saturated rings. The minimum atomic E-state index is -1.66. The molecule has 1 atom stereocenters. The Balaban J connectivity index is 2.72. The van der Waals surface area contributed by atoms with Gasteiger partial charge in [0, 0.05) is 5.56 Å². The molecule has 0 aromatic heterocycles. The Morgan fingerprint density at radius 1 is 0.588 bits per heavy atom. The van der Waals surface area contributed by atoms with Crippen molar-refractivity contribution < 1.29 is 29.1 Å². The lowest BCUT2D eigenvalue weighted by molar-refractivity contribution is -0.482. The molecule has 0 aliphatic heterocycles. The van der Waals surface area contributed by atoms with E-state index in [4.69, 9.17) is 24.3 Å². The molecule has 1 unspecified atom stereocenters. The molecule has 2 aromatic rings. The second kappa shape index (κ2) is 10.3. The molecule has 188 valence electrons. The van der Waals surface area contributed by atoms with Crippen molar-refractivity contribution >= 4 is 5.78 Å². The third-order valence-corrected chi connectivity index (χ3v) is 4.78. The molecule has 0 N–H and O–H groups in total. The average Bonchev–Trinajstić information content (AvgIpc) is 2.75. The molecular weight excluding hydrogens is 432 g/mol. The van der Waals surface area contributed by atoms with Crippen molar-refractivity contribution in [3.63, 3.8) is 0 Å². The van der Waals surface area contributed by atoms with E-state index in [1.807, 2.05) is 90.1 Å². The third-order valence-electron chi connectivity index (χ3n) is 4.78. The average molecular weight is 473 g/mol. The third kappa shape index (κ3) is 7.20. The molecule has 0 aliphatic rings. The highest BCUT2D eigenvalue weighted by molar-refractivity contribution is 6.04. The summed E-state index contributed by atoms with van der Waals surface area (Å²) in [4.78, 5) is 37.4. The SMILES string of the molecule is CC(C)(C)OOC(C)(C)OC(C(=O)c1ccccc1)(c1ccccc1)C(C)(C)OOC(C)(C)C. The Labute approximate surface area is 204 Å². The van der Waals surface area contributed by atoms with Crippen LogP contribution in [0.4, 0.5) is 0 Å². The number of benzene rings is 2. The van der Waals surface area contributed by atoms with E-state index in [9.17, 15) is 4.79 Å². The maximum atomic E-state index is 14.4. The van der Waals surface area contributed by atoms with Crippen LogP contribution in [0.1, 0.15) is 85.2 Å². The fraction of sp³-hybridized carbons (Fsp3) is 0.536. The number of carbonyl (C=O) groups excluding carboxylic acids is 1. The van der Waals surface area contributed by atoms with Gasteiger partial charge < -0.3 is 4.74 Å². The van der Waals surface area contributed by atoms with Crippen LogP contribution in [0.15, 0.2) is 60.7 Å². The molecule has 34 heavy (non-hydrogen) atoms. The number of ether oxygens (including phenoxy) is 1. The Morgan fingerprint density at radius 3 is 1.50 bits per heavy atom. The molecule has 6 heteroatoms. The first kappa shape index (κ1) is 28.1. The molecule has 0 saturated heterocycles. The number of carbonyl (C=O) groups is 1. The lowest BCUT2D eigenvalue weighted by Crippen LogP contribution is -2.60. The van der Waals surface area contributed by atoms with E-state index >= 15 is 0 Å². The number of Topliss-reactive ketones (excluding diaryl/α,β-unsaturated/α-hetero) is 1.